The molecule has 13 heteroatoms. The van der Waals surface area contributed by atoms with Crippen LogP contribution in [0.25, 0.3) is 0 Å². The number of benzene rings is 6. The molecule has 1 heterocycles. The maximum absolute atomic E-state index is 15.2. The fraction of sp³-hybridized carbons (Fsp3) is 0.644. The molecule has 0 unspecified atom stereocenters. The Morgan fingerprint density at radius 1 is 0.350 bits per heavy atom. The van der Waals surface area contributed by atoms with Crippen LogP contribution in [0.1, 0.15) is 330 Å². The molecule has 0 bridgehead atoms. The average molecular weight is 1610 g/mol. The number of carbonyl (C=O) groups is 1. The van der Waals surface area contributed by atoms with Crippen molar-refractivity contribution in [1.29, 1.82) is 0 Å². The highest BCUT2D eigenvalue weighted by Crippen LogP contribution is 2.34. The van der Waals surface area contributed by atoms with E-state index in [-0.39, 0.29) is 38.9 Å². The Balaban J connectivity index is 1.10. The topological polar surface area (TPSA) is 125 Å². The molecule has 652 valence electrons. The molecule has 6 aromatic carbocycles. The molecule has 1 aliphatic rings. The van der Waals surface area contributed by atoms with E-state index in [0.29, 0.717) is 32.7 Å². The van der Waals surface area contributed by atoms with Crippen LogP contribution in [-0.2, 0) is 82.3 Å². The lowest BCUT2D eigenvalue weighted by molar-refractivity contribution is -0.330. The molecule has 6 aromatic rings. The van der Waals surface area contributed by atoms with Crippen LogP contribution in [0, 0.1) is 0 Å². The van der Waals surface area contributed by atoms with Gasteiger partial charge in [0.05, 0.1) is 79.2 Å². The van der Waals surface area contributed by atoms with Crippen LogP contribution in [-0.4, -0.2) is 107 Å². The summed E-state index contributed by atoms with van der Waals surface area (Å²) in [5, 5.41) is 3.60. The lowest BCUT2D eigenvalue weighted by Crippen LogP contribution is -2.62. The number of hydrogen-bond acceptors (Lipinski definition) is 12. The van der Waals surface area contributed by atoms with Gasteiger partial charge in [-0.05, 0) is 109 Å². The van der Waals surface area contributed by atoms with E-state index in [9.17, 15) is 0 Å². The Morgan fingerprint density at radius 3 is 1.08 bits per heavy atom. The second-order valence-electron chi connectivity index (χ2n) is 33.5. The Hall–Kier alpha value is -5.97. The summed E-state index contributed by atoms with van der Waals surface area (Å²) in [6.07, 6.45) is 49.0. The minimum Gasteiger partial charge on any atom is -0.497 e. The van der Waals surface area contributed by atoms with E-state index in [1.165, 1.54) is 244 Å². The third-order valence-electron chi connectivity index (χ3n) is 23.5. The minimum atomic E-state index is -1.04. The summed E-state index contributed by atoms with van der Waals surface area (Å²) in [6.45, 7) is 12.6. The molecule has 7 rings (SSSR count). The molecule has 1 saturated heterocycles. The lowest BCUT2D eigenvalue weighted by atomic mass is 9.97. The van der Waals surface area contributed by atoms with E-state index in [0.717, 1.165) is 83.4 Å². The van der Waals surface area contributed by atoms with Gasteiger partial charge in [-0.1, -0.05) is 404 Å². The van der Waals surface area contributed by atoms with E-state index in [1.54, 1.807) is 14.2 Å². The van der Waals surface area contributed by atoms with Crippen molar-refractivity contribution in [3.8, 4) is 11.5 Å². The molecule has 0 spiro atoms. The van der Waals surface area contributed by atoms with Gasteiger partial charge in [0.1, 0.15) is 42.0 Å². The zero-order valence-corrected chi connectivity index (χ0v) is 73.9. The highest BCUT2D eigenvalue weighted by molar-refractivity contribution is 5.76. The maximum atomic E-state index is 15.2. The van der Waals surface area contributed by atoms with Gasteiger partial charge in [0.25, 0.3) is 0 Å². The molecule has 8 atom stereocenters. The highest BCUT2D eigenvalue weighted by Gasteiger charge is 2.50. The highest BCUT2D eigenvalue weighted by atomic mass is 16.7. The Labute approximate surface area is 711 Å². The summed E-state index contributed by atoms with van der Waals surface area (Å²) in [5.74, 6) is 1.49. The molecule has 13 nitrogen and oxygen atoms in total. The Kier molecular flexibility index (Phi) is 55.2. The van der Waals surface area contributed by atoms with Gasteiger partial charge in [0.15, 0.2) is 6.29 Å². The van der Waals surface area contributed by atoms with Crippen molar-refractivity contribution in [2.24, 2.45) is 0 Å². The molecule has 1 N–H and O–H groups in total. The van der Waals surface area contributed by atoms with Crippen molar-refractivity contribution >= 4 is 5.91 Å². The second kappa shape index (κ2) is 65.8. The van der Waals surface area contributed by atoms with Crippen molar-refractivity contribution in [2.75, 3.05) is 47.1 Å². The van der Waals surface area contributed by atoms with Gasteiger partial charge in [-0.15, -0.1) is 0 Å². The van der Waals surface area contributed by atoms with E-state index in [1.807, 2.05) is 109 Å². The predicted molar refractivity (Wildman–Crippen MR) is 483 cm³/mol. The Bertz CT molecular complexity index is 3220. The number of unbranched alkanes of at least 4 members (excludes halogenated alkanes) is 37. The van der Waals surface area contributed by atoms with E-state index >= 15 is 4.79 Å². The van der Waals surface area contributed by atoms with Crippen LogP contribution in [0.5, 0.6) is 11.5 Å². The summed E-state index contributed by atoms with van der Waals surface area (Å²) in [6, 6.07) is 56.2. The smallest absolute Gasteiger partial charge is 0.220 e. The van der Waals surface area contributed by atoms with Gasteiger partial charge in [-0.3, -0.25) is 4.79 Å². The quantitative estimate of drug-likeness (QED) is 0.0366. The van der Waals surface area contributed by atoms with E-state index in [4.69, 9.17) is 47.4 Å². The first-order valence-corrected chi connectivity index (χ1v) is 47.2. The molecular formula is C104H160N2O11. The maximum Gasteiger partial charge on any atom is 0.220 e. The number of amides is 1. The zero-order valence-electron chi connectivity index (χ0n) is 73.9. The predicted octanol–water partition coefficient (Wildman–Crippen LogP) is 26.5. The summed E-state index contributed by atoms with van der Waals surface area (Å²) in [4.78, 5) is 18.0. The number of nitrogens with one attached hydrogen (secondary N) is 1. The number of methoxy groups -OCH3 is 2. The van der Waals surface area contributed by atoms with Crippen molar-refractivity contribution in [1.82, 2.24) is 10.2 Å². The Morgan fingerprint density at radius 2 is 0.684 bits per heavy atom. The van der Waals surface area contributed by atoms with E-state index in [2.05, 4.69) is 91.7 Å². The second-order valence-corrected chi connectivity index (χ2v) is 33.5. The van der Waals surface area contributed by atoms with Crippen molar-refractivity contribution in [3.63, 3.8) is 0 Å². The normalized spacial score (nSPS) is 16.3. The first-order valence-electron chi connectivity index (χ1n) is 47.2. The molecular weight excluding hydrogens is 1450 g/mol. The molecule has 0 radical (unpaired) electrons. The molecule has 1 fully saturated rings. The number of rotatable bonds is 74. The standard InChI is InChI=1S/C104H160N2O11/c1-6-9-12-15-18-21-24-25-27-32-37-54-67-97(111-81-92-69-73-94(108-4)74-70-92)100(112-85-93-71-75-95(109-5)76-72-93)96(105-99(107)68-55-38-33-28-26-31-36-41-58-79-106(77-56-39-34-29-22-19-16-13-10-7-2)78-57-40-35-30-23-20-17-14-11-8-3)86-116-104-103(115-84-91-65-52-45-53-66-91)102(114-83-90-63-50-44-51-64-90)101(113-82-89-61-48-43-49-62-89)98(117-104)87-110-80-88-59-46-42-47-60-88/h42-53,59-66,69-76,96-98,100-104H,6-41,54-58,67-68,77-87H2,1-5H3,(H,105,107)/t96-,97+,98+,100-,101-,102-,103+,104-/m0/s1. The van der Waals surface area contributed by atoms with Gasteiger partial charge in [-0.25, -0.2) is 0 Å². The summed E-state index contributed by atoms with van der Waals surface area (Å²) >= 11 is 0. The minimum absolute atomic E-state index is 0.00892. The molecule has 0 aliphatic carbocycles. The first-order chi connectivity index (χ1) is 57.9. The van der Waals surface area contributed by atoms with Crippen LogP contribution < -0.4 is 14.8 Å². The number of hydrogen-bond donors (Lipinski definition) is 1. The largest absolute Gasteiger partial charge is 0.497 e. The third-order valence-corrected chi connectivity index (χ3v) is 23.5. The number of nitrogens with zero attached hydrogens (tertiary/aromatic N) is 1. The third kappa shape index (κ3) is 44.4. The molecule has 1 amide bonds. The zero-order chi connectivity index (χ0) is 82.2. The summed E-state index contributed by atoms with van der Waals surface area (Å²) in [5.41, 5.74) is 6.01. The van der Waals surface area contributed by atoms with Gasteiger partial charge >= 0.3 is 0 Å². The monoisotopic (exact) mass is 1610 g/mol. The van der Waals surface area contributed by atoms with Crippen LogP contribution in [0.2, 0.25) is 0 Å². The fourth-order valence-electron chi connectivity index (χ4n) is 16.3. The summed E-state index contributed by atoms with van der Waals surface area (Å²) in [7, 11) is 3.38. The number of ether oxygens (including phenoxy) is 10. The van der Waals surface area contributed by atoms with E-state index < -0.39 is 49.0 Å². The van der Waals surface area contributed by atoms with Crippen molar-refractivity contribution < 1.29 is 52.2 Å². The van der Waals surface area contributed by atoms with Crippen LogP contribution in [0.15, 0.2) is 170 Å². The van der Waals surface area contributed by atoms with Crippen molar-refractivity contribution in [2.45, 2.75) is 385 Å². The first kappa shape index (κ1) is 98.1. The van der Waals surface area contributed by atoms with Gasteiger partial charge in [0.2, 0.25) is 5.91 Å². The van der Waals surface area contributed by atoms with Crippen LogP contribution >= 0.6 is 0 Å². The van der Waals surface area contributed by atoms with Crippen LogP contribution in [0.3, 0.4) is 0 Å². The molecule has 0 saturated carbocycles. The van der Waals surface area contributed by atoms with Gasteiger partial charge in [-0.2, -0.15) is 0 Å². The molecule has 0 aromatic heterocycles. The molecule has 117 heavy (non-hydrogen) atoms. The average Bonchev–Trinajstić information content (AvgIpc) is 0.785. The summed E-state index contributed by atoms with van der Waals surface area (Å²) < 4.78 is 68.9. The van der Waals surface area contributed by atoms with Gasteiger partial charge in [0, 0.05) is 6.42 Å². The van der Waals surface area contributed by atoms with Gasteiger partial charge < -0.3 is 57.6 Å². The number of carbonyl (C=O) groups excluding carboxylic acids is 1. The fourth-order valence-corrected chi connectivity index (χ4v) is 16.3. The molecule has 1 aliphatic heterocycles. The van der Waals surface area contributed by atoms with Crippen LogP contribution in [0.4, 0.5) is 0 Å². The lowest BCUT2D eigenvalue weighted by Gasteiger charge is -2.46. The van der Waals surface area contributed by atoms with Crippen molar-refractivity contribution in [3.05, 3.63) is 203 Å². The SMILES string of the molecule is CCCCCCCCCCCCCC[C@@H](OCc1ccc(OC)cc1)[C@@H](OCc1ccc(OC)cc1)[C@H](CO[C@H]1O[C@H](COCc2ccccc2)[C@H](OCc2ccccc2)[C@H](OCc2ccccc2)[C@H]1OCc1ccccc1)NC(=O)CCCCCCCCCCCN(CCCCCCCCCCCC)CCCCCCCCCCCC.